The van der Waals surface area contributed by atoms with Gasteiger partial charge < -0.3 is 5.32 Å². The van der Waals surface area contributed by atoms with Crippen molar-refractivity contribution >= 4 is 5.69 Å². The number of aromatic nitrogens is 2. The van der Waals surface area contributed by atoms with Crippen LogP contribution in [0.3, 0.4) is 0 Å². The van der Waals surface area contributed by atoms with Gasteiger partial charge in [0.2, 0.25) is 5.69 Å². The normalized spacial score (nSPS) is 22.1. The minimum absolute atomic E-state index is 0.170. The second-order valence-electron chi connectivity index (χ2n) is 5.26. The summed E-state index contributed by atoms with van der Waals surface area (Å²) in [4.78, 5) is 9.61. The minimum atomic E-state index is -4.80. The van der Waals surface area contributed by atoms with E-state index >= 15 is 0 Å². The molecule has 1 aliphatic carbocycles. The van der Waals surface area contributed by atoms with Crippen LogP contribution in [0.4, 0.5) is 18.9 Å². The smallest absolute Gasteiger partial charge is 0.316 e. The van der Waals surface area contributed by atoms with Crippen LogP contribution < -0.4 is 5.32 Å². The Hall–Kier alpha value is -1.64. The van der Waals surface area contributed by atoms with Crippen LogP contribution >= 0.6 is 0 Å². The van der Waals surface area contributed by atoms with Gasteiger partial charge in [-0.15, -0.1) is 0 Å². The van der Waals surface area contributed by atoms with Gasteiger partial charge in [0.25, 0.3) is 0 Å². The highest BCUT2D eigenvalue weighted by Crippen LogP contribution is 2.51. The summed E-state index contributed by atoms with van der Waals surface area (Å²) in [6.45, 7) is 1.72. The monoisotopic (exact) mass is 276 g/mol. The van der Waals surface area contributed by atoms with Crippen molar-refractivity contribution in [1.29, 1.82) is 0 Å². The molecule has 19 heavy (non-hydrogen) atoms. The molecule has 2 aliphatic rings. The molecular formula is C10H11F3N4O2. The van der Waals surface area contributed by atoms with Crippen LogP contribution in [-0.2, 0) is 6.18 Å². The summed E-state index contributed by atoms with van der Waals surface area (Å²) < 4.78 is 39.0. The molecule has 1 aromatic rings. The van der Waals surface area contributed by atoms with Gasteiger partial charge in [0.05, 0.1) is 11.0 Å². The van der Waals surface area contributed by atoms with E-state index in [1.165, 1.54) is 0 Å². The van der Waals surface area contributed by atoms with E-state index in [1.54, 1.807) is 0 Å². The van der Waals surface area contributed by atoms with Gasteiger partial charge in [-0.2, -0.15) is 18.3 Å². The molecule has 0 aromatic carbocycles. The van der Waals surface area contributed by atoms with E-state index in [9.17, 15) is 23.3 Å². The predicted octanol–water partition coefficient (Wildman–Crippen LogP) is 1.73. The Bertz CT molecular complexity index is 527. The van der Waals surface area contributed by atoms with Gasteiger partial charge >= 0.3 is 11.9 Å². The van der Waals surface area contributed by atoms with Gasteiger partial charge in [0.15, 0.2) is 0 Å². The van der Waals surface area contributed by atoms with Crippen molar-refractivity contribution in [1.82, 2.24) is 15.1 Å². The van der Waals surface area contributed by atoms with Crippen molar-refractivity contribution in [2.24, 2.45) is 5.41 Å². The summed E-state index contributed by atoms with van der Waals surface area (Å²) in [5.74, 6) is 0. The Labute approximate surface area is 105 Å². The molecule has 104 valence electrons. The predicted molar refractivity (Wildman–Crippen MR) is 57.5 cm³/mol. The molecule has 2 heterocycles. The fourth-order valence-electron chi connectivity index (χ4n) is 2.80. The zero-order valence-corrected chi connectivity index (χ0v) is 9.78. The first-order valence-corrected chi connectivity index (χ1v) is 5.82. The molecule has 0 atom stereocenters. The Kier molecular flexibility index (Phi) is 2.40. The third-order valence-corrected chi connectivity index (χ3v) is 3.89. The number of nitrogens with zero attached hydrogens (tertiary/aromatic N) is 3. The van der Waals surface area contributed by atoms with E-state index in [4.69, 9.17) is 0 Å². The van der Waals surface area contributed by atoms with Crippen LogP contribution in [0.1, 0.15) is 24.6 Å². The number of alkyl halides is 3. The molecule has 9 heteroatoms. The Morgan fingerprint density at radius 2 is 2.11 bits per heavy atom. The van der Waals surface area contributed by atoms with Gasteiger partial charge in [-0.1, -0.05) is 0 Å². The van der Waals surface area contributed by atoms with Crippen molar-refractivity contribution in [2.75, 3.05) is 13.1 Å². The van der Waals surface area contributed by atoms with E-state index in [1.807, 2.05) is 0 Å². The molecule has 0 radical (unpaired) electrons. The molecule has 0 bridgehead atoms. The molecule has 2 fully saturated rings. The van der Waals surface area contributed by atoms with E-state index in [-0.39, 0.29) is 11.5 Å². The molecule has 1 aliphatic heterocycles. The number of nitro groups is 1. The van der Waals surface area contributed by atoms with Crippen LogP contribution in [0.25, 0.3) is 0 Å². The Morgan fingerprint density at radius 1 is 1.47 bits per heavy atom. The molecule has 0 unspecified atom stereocenters. The first-order chi connectivity index (χ1) is 8.81. The highest BCUT2D eigenvalue weighted by Gasteiger charge is 2.51. The summed E-state index contributed by atoms with van der Waals surface area (Å²) in [7, 11) is 0. The standard InChI is InChI=1S/C10H11F3N4O2/c11-10(12,13)8-7(17(18)19)3-16(15-8)6-1-9(2-6)4-14-5-9/h3,6,14H,1-2,4-5H2. The molecule has 1 saturated carbocycles. The summed E-state index contributed by atoms with van der Waals surface area (Å²) >= 11 is 0. The van der Waals surface area contributed by atoms with E-state index in [2.05, 4.69) is 10.4 Å². The molecular weight excluding hydrogens is 265 g/mol. The quantitative estimate of drug-likeness (QED) is 0.659. The van der Waals surface area contributed by atoms with Crippen molar-refractivity contribution in [3.63, 3.8) is 0 Å². The summed E-state index contributed by atoms with van der Waals surface area (Å²) in [6, 6.07) is -0.170. The second kappa shape index (κ2) is 3.69. The lowest BCUT2D eigenvalue weighted by atomic mass is 9.62. The molecule has 1 saturated heterocycles. The summed E-state index contributed by atoms with van der Waals surface area (Å²) in [5, 5.41) is 17.1. The summed E-state index contributed by atoms with van der Waals surface area (Å²) in [6.07, 6.45) is -2.47. The average molecular weight is 276 g/mol. The maximum atomic E-state index is 12.6. The molecule has 1 spiro atoms. The first kappa shape index (κ1) is 12.4. The molecule has 3 rings (SSSR count). The second-order valence-corrected chi connectivity index (χ2v) is 5.26. The maximum Gasteiger partial charge on any atom is 0.442 e. The van der Waals surface area contributed by atoms with Crippen LogP contribution in [0.2, 0.25) is 0 Å². The first-order valence-electron chi connectivity index (χ1n) is 5.82. The fraction of sp³-hybridized carbons (Fsp3) is 0.700. The van der Waals surface area contributed by atoms with Crippen molar-refractivity contribution in [3.05, 3.63) is 22.0 Å². The maximum absolute atomic E-state index is 12.6. The van der Waals surface area contributed by atoms with E-state index in [0.29, 0.717) is 0 Å². The van der Waals surface area contributed by atoms with Gasteiger partial charge in [0.1, 0.15) is 6.20 Å². The van der Waals surface area contributed by atoms with E-state index < -0.39 is 22.5 Å². The van der Waals surface area contributed by atoms with Gasteiger partial charge in [-0.05, 0) is 18.3 Å². The van der Waals surface area contributed by atoms with Crippen molar-refractivity contribution in [3.8, 4) is 0 Å². The molecule has 1 N–H and O–H groups in total. The Morgan fingerprint density at radius 3 is 2.47 bits per heavy atom. The third kappa shape index (κ3) is 1.88. The number of hydrogen-bond donors (Lipinski definition) is 1. The van der Waals surface area contributed by atoms with Crippen LogP contribution in [0, 0.1) is 15.5 Å². The number of rotatable bonds is 2. The van der Waals surface area contributed by atoms with Gasteiger partial charge in [-0.25, -0.2) is 0 Å². The Balaban J connectivity index is 1.85. The van der Waals surface area contributed by atoms with Gasteiger partial charge in [-0.3, -0.25) is 14.8 Å². The average Bonchev–Trinajstić information content (AvgIpc) is 2.57. The molecule has 1 aromatic heterocycles. The van der Waals surface area contributed by atoms with Crippen molar-refractivity contribution in [2.45, 2.75) is 25.1 Å². The van der Waals surface area contributed by atoms with Crippen LogP contribution in [0.15, 0.2) is 6.20 Å². The lowest BCUT2D eigenvalue weighted by Gasteiger charge is -2.54. The van der Waals surface area contributed by atoms with Crippen LogP contribution in [-0.4, -0.2) is 27.8 Å². The fourth-order valence-corrected chi connectivity index (χ4v) is 2.80. The highest BCUT2D eigenvalue weighted by atomic mass is 19.4. The minimum Gasteiger partial charge on any atom is -0.316 e. The zero-order chi connectivity index (χ0) is 13.8. The SMILES string of the molecule is O=[N+]([O-])c1cn(C2CC3(CNC3)C2)nc1C(F)(F)F. The highest BCUT2D eigenvalue weighted by molar-refractivity contribution is 5.35. The van der Waals surface area contributed by atoms with Gasteiger partial charge in [0, 0.05) is 13.1 Å². The number of hydrogen-bond acceptors (Lipinski definition) is 4. The number of nitrogens with one attached hydrogen (secondary N) is 1. The summed E-state index contributed by atoms with van der Waals surface area (Å²) in [5.41, 5.74) is -2.21. The topological polar surface area (TPSA) is 73.0 Å². The lowest BCUT2D eigenvalue weighted by Crippen LogP contribution is -2.60. The largest absolute Gasteiger partial charge is 0.442 e. The van der Waals surface area contributed by atoms with Crippen molar-refractivity contribution < 1.29 is 18.1 Å². The molecule has 6 nitrogen and oxygen atoms in total. The third-order valence-electron chi connectivity index (χ3n) is 3.89. The van der Waals surface area contributed by atoms with Crippen LogP contribution in [0.5, 0.6) is 0 Å². The number of halogens is 3. The molecule has 0 amide bonds. The lowest BCUT2D eigenvalue weighted by molar-refractivity contribution is -0.388. The van der Waals surface area contributed by atoms with E-state index in [0.717, 1.165) is 36.8 Å². The zero-order valence-electron chi connectivity index (χ0n) is 9.78.